The summed E-state index contributed by atoms with van der Waals surface area (Å²) in [6, 6.07) is 0. The van der Waals surface area contributed by atoms with Gasteiger partial charge in [-0.2, -0.15) is 0 Å². The van der Waals surface area contributed by atoms with E-state index in [1.165, 1.54) is 6.92 Å². The molecule has 4 atom stereocenters. The van der Waals surface area contributed by atoms with Crippen molar-refractivity contribution in [2.75, 3.05) is 6.67 Å². The number of hydrogen-bond donors (Lipinski definition) is 2. The molecular formula is C16H17FN2O7. The fourth-order valence-corrected chi connectivity index (χ4v) is 2.60. The second kappa shape index (κ2) is 8.07. The van der Waals surface area contributed by atoms with Gasteiger partial charge in [0.05, 0.1) is 6.10 Å². The summed E-state index contributed by atoms with van der Waals surface area (Å²) in [4.78, 5) is 48.6. The maximum Gasteiger partial charge on any atom is 0.330 e. The molecule has 0 amide bonds. The highest BCUT2D eigenvalue weighted by atomic mass is 19.1. The van der Waals surface area contributed by atoms with Crippen LogP contribution in [0.1, 0.15) is 32.1 Å². The van der Waals surface area contributed by atoms with E-state index in [9.17, 15) is 28.7 Å². The molecule has 10 heteroatoms. The number of aromatic amines is 1. The number of halogens is 1. The van der Waals surface area contributed by atoms with Crippen molar-refractivity contribution in [3.8, 4) is 11.8 Å². The minimum atomic E-state index is -1.34. The highest BCUT2D eigenvalue weighted by Crippen LogP contribution is 2.30. The number of aliphatic hydroxyl groups is 1. The molecular weight excluding hydrogens is 351 g/mol. The van der Waals surface area contributed by atoms with E-state index in [0.29, 0.717) is 0 Å². The number of nitrogens with zero attached hydrogens (tertiary/aromatic N) is 1. The Morgan fingerprint density at radius 1 is 1.50 bits per heavy atom. The van der Waals surface area contributed by atoms with Gasteiger partial charge in [0.2, 0.25) is 0 Å². The molecule has 26 heavy (non-hydrogen) atoms. The van der Waals surface area contributed by atoms with Crippen LogP contribution in [0.15, 0.2) is 15.8 Å². The van der Waals surface area contributed by atoms with Gasteiger partial charge in [0.15, 0.2) is 18.6 Å². The average Bonchev–Trinajstić information content (AvgIpc) is 2.92. The predicted octanol–water partition coefficient (Wildman–Crippen LogP) is -0.973. The minimum absolute atomic E-state index is 0.0996. The van der Waals surface area contributed by atoms with Gasteiger partial charge in [0.25, 0.3) is 5.56 Å². The lowest BCUT2D eigenvalue weighted by molar-refractivity contribution is -0.166. The summed E-state index contributed by atoms with van der Waals surface area (Å²) in [5.74, 6) is 3.08. The Bertz CT molecular complexity index is 879. The standard InChI is InChI=1S/C16H17FN2O7/c1-8(20)13(25-9(2)21)14-11(22)6-12(26-14)19-7-10(4-3-5-17)15(23)18-16(19)24/h7,11-14,22H,5-6H2,1-2H3,(H,18,23,24)/t11-,12+,13?,14-/m0/s1. The summed E-state index contributed by atoms with van der Waals surface area (Å²) in [5.41, 5.74) is -1.78. The zero-order chi connectivity index (χ0) is 19.4. The van der Waals surface area contributed by atoms with Gasteiger partial charge in [-0.25, -0.2) is 9.18 Å². The summed E-state index contributed by atoms with van der Waals surface area (Å²) in [7, 11) is 0. The SMILES string of the molecule is CC(=O)OC(C(C)=O)[C@H]1O[C@@H](n2cc(C#CCF)c(=O)[nH]c2=O)C[C@@H]1O. The molecule has 2 heterocycles. The topological polar surface area (TPSA) is 128 Å². The van der Waals surface area contributed by atoms with Crippen LogP contribution >= 0.6 is 0 Å². The number of hydrogen-bond acceptors (Lipinski definition) is 7. The van der Waals surface area contributed by atoms with Crippen LogP contribution in [0.25, 0.3) is 0 Å². The number of esters is 1. The first kappa shape index (κ1) is 19.6. The van der Waals surface area contributed by atoms with E-state index in [-0.39, 0.29) is 12.0 Å². The van der Waals surface area contributed by atoms with Crippen molar-refractivity contribution in [3.05, 3.63) is 32.6 Å². The van der Waals surface area contributed by atoms with Crippen LogP contribution in [0, 0.1) is 11.8 Å². The van der Waals surface area contributed by atoms with Gasteiger partial charge in [-0.15, -0.1) is 0 Å². The van der Waals surface area contributed by atoms with E-state index in [4.69, 9.17) is 9.47 Å². The van der Waals surface area contributed by atoms with Crippen LogP contribution < -0.4 is 11.2 Å². The number of rotatable bonds is 4. The number of carbonyl (C=O) groups excluding carboxylic acids is 2. The lowest BCUT2D eigenvalue weighted by Gasteiger charge is -2.23. The van der Waals surface area contributed by atoms with E-state index < -0.39 is 54.2 Å². The van der Waals surface area contributed by atoms with Crippen LogP contribution in [0.4, 0.5) is 4.39 Å². The number of carbonyl (C=O) groups is 2. The minimum Gasteiger partial charge on any atom is -0.452 e. The van der Waals surface area contributed by atoms with Gasteiger partial charge in [0, 0.05) is 19.5 Å². The second-order valence-electron chi connectivity index (χ2n) is 5.64. The first-order valence-electron chi connectivity index (χ1n) is 7.66. The molecule has 2 rings (SSSR count). The Morgan fingerprint density at radius 3 is 2.77 bits per heavy atom. The van der Waals surface area contributed by atoms with E-state index >= 15 is 0 Å². The molecule has 1 fully saturated rings. The summed E-state index contributed by atoms with van der Waals surface area (Å²) in [6.45, 7) is 1.31. The monoisotopic (exact) mass is 368 g/mol. The largest absolute Gasteiger partial charge is 0.452 e. The highest BCUT2D eigenvalue weighted by molar-refractivity contribution is 5.83. The zero-order valence-corrected chi connectivity index (χ0v) is 14.0. The lowest BCUT2D eigenvalue weighted by atomic mass is 10.0. The molecule has 140 valence electrons. The molecule has 0 aliphatic carbocycles. The molecule has 1 aromatic rings. The third-order valence-corrected chi connectivity index (χ3v) is 3.70. The highest BCUT2D eigenvalue weighted by Gasteiger charge is 2.43. The van der Waals surface area contributed by atoms with Gasteiger partial charge in [-0.05, 0) is 6.92 Å². The zero-order valence-electron chi connectivity index (χ0n) is 14.0. The number of alkyl halides is 1. The maximum atomic E-state index is 12.2. The third kappa shape index (κ3) is 4.25. The molecule has 0 bridgehead atoms. The third-order valence-electron chi connectivity index (χ3n) is 3.70. The van der Waals surface area contributed by atoms with Crippen molar-refractivity contribution in [3.63, 3.8) is 0 Å². The van der Waals surface area contributed by atoms with Crippen LogP contribution in [-0.2, 0) is 19.1 Å². The Balaban J connectivity index is 2.34. The van der Waals surface area contributed by atoms with Crippen LogP contribution in [0.3, 0.4) is 0 Å². The van der Waals surface area contributed by atoms with E-state index in [2.05, 4.69) is 11.8 Å². The summed E-state index contributed by atoms with van der Waals surface area (Å²) in [6.07, 6.45) is -3.77. The quantitative estimate of drug-likeness (QED) is 0.517. The summed E-state index contributed by atoms with van der Waals surface area (Å²) in [5, 5.41) is 10.2. The number of nitrogens with one attached hydrogen (secondary N) is 1. The molecule has 0 saturated carbocycles. The van der Waals surface area contributed by atoms with E-state index in [1.54, 1.807) is 0 Å². The Kier molecular flexibility index (Phi) is 6.07. The van der Waals surface area contributed by atoms with Crippen molar-refractivity contribution in [2.45, 2.75) is 44.8 Å². The fraction of sp³-hybridized carbons (Fsp3) is 0.500. The number of Topliss-reactive ketones (excluding diaryl/α,β-unsaturated/α-hetero) is 1. The van der Waals surface area contributed by atoms with Gasteiger partial charge < -0.3 is 14.6 Å². The number of ether oxygens (including phenoxy) is 2. The molecule has 0 radical (unpaired) electrons. The summed E-state index contributed by atoms with van der Waals surface area (Å²) < 4.78 is 23.6. The Labute approximate surface area is 146 Å². The van der Waals surface area contributed by atoms with Gasteiger partial charge in [-0.3, -0.25) is 23.9 Å². The molecule has 2 N–H and O–H groups in total. The van der Waals surface area contributed by atoms with Gasteiger partial charge >= 0.3 is 11.7 Å². The average molecular weight is 368 g/mol. The number of aromatic nitrogens is 2. The maximum absolute atomic E-state index is 12.2. The number of aliphatic hydroxyl groups excluding tert-OH is 1. The first-order chi connectivity index (χ1) is 12.2. The van der Waals surface area contributed by atoms with E-state index in [0.717, 1.165) is 17.7 Å². The van der Waals surface area contributed by atoms with Crippen molar-refractivity contribution >= 4 is 11.8 Å². The summed E-state index contributed by atoms with van der Waals surface area (Å²) >= 11 is 0. The molecule has 1 saturated heterocycles. The molecule has 1 aromatic heterocycles. The fourth-order valence-electron chi connectivity index (χ4n) is 2.60. The normalized spacial score (nSPS) is 23.0. The van der Waals surface area contributed by atoms with Crippen molar-refractivity contribution in [1.82, 2.24) is 9.55 Å². The van der Waals surface area contributed by atoms with Crippen molar-refractivity contribution < 1.29 is 28.6 Å². The predicted molar refractivity (Wildman–Crippen MR) is 84.9 cm³/mol. The number of ketones is 1. The molecule has 0 spiro atoms. The van der Waals surface area contributed by atoms with Gasteiger partial charge in [-0.1, -0.05) is 11.8 Å². The molecule has 0 aromatic carbocycles. The molecule has 1 aliphatic heterocycles. The first-order valence-corrected chi connectivity index (χ1v) is 7.66. The second-order valence-corrected chi connectivity index (χ2v) is 5.64. The van der Waals surface area contributed by atoms with Crippen LogP contribution in [0.2, 0.25) is 0 Å². The molecule has 1 aliphatic rings. The van der Waals surface area contributed by atoms with Crippen LogP contribution in [0.5, 0.6) is 0 Å². The van der Waals surface area contributed by atoms with Crippen molar-refractivity contribution in [2.24, 2.45) is 0 Å². The van der Waals surface area contributed by atoms with Crippen molar-refractivity contribution in [1.29, 1.82) is 0 Å². The molecule has 9 nitrogen and oxygen atoms in total. The van der Waals surface area contributed by atoms with Gasteiger partial charge in [0.1, 0.15) is 17.9 Å². The van der Waals surface area contributed by atoms with Crippen LogP contribution in [-0.4, -0.2) is 51.4 Å². The molecule has 1 unspecified atom stereocenters. The Morgan fingerprint density at radius 2 is 2.19 bits per heavy atom. The number of H-pyrrole nitrogens is 1. The lowest BCUT2D eigenvalue weighted by Crippen LogP contribution is -2.42. The smallest absolute Gasteiger partial charge is 0.330 e. The Hall–Kier alpha value is -2.77. The van der Waals surface area contributed by atoms with E-state index in [1.807, 2.05) is 4.98 Å².